The smallest absolute Gasteiger partial charge is 0.290 e. The van der Waals surface area contributed by atoms with Gasteiger partial charge < -0.3 is 19.6 Å². The van der Waals surface area contributed by atoms with Crippen molar-refractivity contribution >= 4 is 46.7 Å². The van der Waals surface area contributed by atoms with Gasteiger partial charge in [-0.25, -0.2) is 15.0 Å². The van der Waals surface area contributed by atoms with E-state index in [4.69, 9.17) is 9.97 Å². The number of aromatic nitrogens is 4. The zero-order chi connectivity index (χ0) is 22.8. The van der Waals surface area contributed by atoms with Crippen LogP contribution in [0.1, 0.15) is 5.69 Å². The molecule has 0 bridgehead atoms. The van der Waals surface area contributed by atoms with E-state index >= 15 is 0 Å². The Bertz CT molecular complexity index is 1060. The molecule has 0 saturated carbocycles. The van der Waals surface area contributed by atoms with Crippen LogP contribution in [-0.4, -0.2) is 95.4 Å². The molecule has 1 N–H and O–H groups in total. The highest BCUT2D eigenvalue weighted by molar-refractivity contribution is 8.18. The molecule has 0 atom stereocenters. The summed E-state index contributed by atoms with van der Waals surface area (Å²) in [7, 11) is 2.11. The fourth-order valence-corrected chi connectivity index (χ4v) is 4.64. The number of rotatable bonds is 4. The van der Waals surface area contributed by atoms with E-state index in [1.165, 1.54) is 0 Å². The topological polar surface area (TPSA) is 111 Å². The van der Waals surface area contributed by atoms with E-state index in [9.17, 15) is 9.59 Å². The number of nitrogens with zero attached hydrogens (tertiary/aromatic N) is 8. The van der Waals surface area contributed by atoms with E-state index in [1.807, 2.05) is 12.1 Å². The number of imide groups is 1. The maximum absolute atomic E-state index is 12.1. The van der Waals surface area contributed by atoms with Gasteiger partial charge in [0.2, 0.25) is 11.9 Å². The average molecular weight is 468 g/mol. The summed E-state index contributed by atoms with van der Waals surface area (Å²) in [4.78, 5) is 51.1. The maximum atomic E-state index is 12.1. The molecule has 3 aliphatic heterocycles. The summed E-state index contributed by atoms with van der Waals surface area (Å²) >= 11 is 0.896. The summed E-state index contributed by atoms with van der Waals surface area (Å²) in [5.74, 6) is 1.80. The van der Waals surface area contributed by atoms with Crippen LogP contribution >= 0.6 is 11.8 Å². The number of hydrogen-bond acceptors (Lipinski definition) is 11. The summed E-state index contributed by atoms with van der Waals surface area (Å²) in [6, 6.07) is 3.70. The lowest BCUT2D eigenvalue weighted by atomic mass is 10.3. The predicted octanol–water partition coefficient (Wildman–Crippen LogP) is 0.669. The van der Waals surface area contributed by atoms with Gasteiger partial charge in [0, 0.05) is 70.8 Å². The normalized spacial score (nSPS) is 21.1. The Morgan fingerprint density at radius 3 is 2.15 bits per heavy atom. The minimum Gasteiger partial charge on any atom is -0.354 e. The minimum absolute atomic E-state index is 0.347. The highest BCUT2D eigenvalue weighted by atomic mass is 32.2. The second-order valence-corrected chi connectivity index (χ2v) is 9.13. The SMILES string of the molecule is CN1CCN(c2cc(/C=C3\SC(=O)NC3=O)nc(N3CCN(c4ncccn4)CC3)n2)CC1. The Balaban J connectivity index is 1.40. The van der Waals surface area contributed by atoms with Crippen molar-refractivity contribution in [1.82, 2.24) is 30.2 Å². The van der Waals surface area contributed by atoms with E-state index < -0.39 is 0 Å². The van der Waals surface area contributed by atoms with Crippen LogP contribution in [0.3, 0.4) is 0 Å². The number of nitrogens with one attached hydrogen (secondary N) is 1. The molecule has 12 heteroatoms. The van der Waals surface area contributed by atoms with Crippen LogP contribution in [0.4, 0.5) is 22.5 Å². The van der Waals surface area contributed by atoms with Crippen LogP contribution in [0.2, 0.25) is 0 Å². The van der Waals surface area contributed by atoms with Crippen molar-refractivity contribution in [2.24, 2.45) is 0 Å². The summed E-state index contributed by atoms with van der Waals surface area (Å²) in [5, 5.41) is 1.94. The van der Waals surface area contributed by atoms with Gasteiger partial charge in [0.1, 0.15) is 5.82 Å². The first-order valence-electron chi connectivity index (χ1n) is 10.9. The molecule has 3 fully saturated rings. The highest BCUT2D eigenvalue weighted by Gasteiger charge is 2.27. The molecule has 5 rings (SSSR count). The molecule has 11 nitrogen and oxygen atoms in total. The van der Waals surface area contributed by atoms with Crippen LogP contribution < -0.4 is 20.0 Å². The highest BCUT2D eigenvalue weighted by Crippen LogP contribution is 2.27. The van der Waals surface area contributed by atoms with Crippen LogP contribution in [0.5, 0.6) is 0 Å². The zero-order valence-electron chi connectivity index (χ0n) is 18.3. The van der Waals surface area contributed by atoms with Crippen LogP contribution in [0.15, 0.2) is 29.4 Å². The largest absolute Gasteiger partial charge is 0.354 e. The number of hydrogen-bond donors (Lipinski definition) is 1. The molecule has 2 amide bonds. The van der Waals surface area contributed by atoms with Gasteiger partial charge in [-0.1, -0.05) is 0 Å². The Labute approximate surface area is 195 Å². The van der Waals surface area contributed by atoms with Gasteiger partial charge in [-0.05, 0) is 31.0 Å². The second kappa shape index (κ2) is 9.32. The molecule has 33 heavy (non-hydrogen) atoms. The zero-order valence-corrected chi connectivity index (χ0v) is 19.2. The van der Waals surface area contributed by atoms with E-state index in [0.717, 1.165) is 75.9 Å². The van der Waals surface area contributed by atoms with Crippen molar-refractivity contribution in [1.29, 1.82) is 0 Å². The lowest BCUT2D eigenvalue weighted by molar-refractivity contribution is -0.115. The predicted molar refractivity (Wildman–Crippen MR) is 127 cm³/mol. The second-order valence-electron chi connectivity index (χ2n) is 8.12. The molecule has 172 valence electrons. The van der Waals surface area contributed by atoms with Crippen molar-refractivity contribution in [3.05, 3.63) is 35.1 Å². The van der Waals surface area contributed by atoms with Crippen LogP contribution in [0.25, 0.3) is 6.08 Å². The number of amides is 2. The van der Waals surface area contributed by atoms with Crippen LogP contribution in [-0.2, 0) is 4.79 Å². The molecular weight excluding hydrogens is 442 g/mol. The Kier molecular flexibility index (Phi) is 6.09. The van der Waals surface area contributed by atoms with Crippen molar-refractivity contribution in [2.45, 2.75) is 0 Å². The summed E-state index contributed by atoms with van der Waals surface area (Å²) in [5.41, 5.74) is 0.620. The van der Waals surface area contributed by atoms with Gasteiger partial charge >= 0.3 is 0 Å². The Morgan fingerprint density at radius 2 is 1.52 bits per heavy atom. The quantitative estimate of drug-likeness (QED) is 0.641. The fourth-order valence-electron chi connectivity index (χ4n) is 3.97. The first kappa shape index (κ1) is 21.6. The fraction of sp³-hybridized carbons (Fsp3) is 0.429. The number of thioether (sulfide) groups is 1. The van der Waals surface area contributed by atoms with Crippen LogP contribution in [0, 0.1) is 0 Å². The van der Waals surface area contributed by atoms with Gasteiger partial charge in [0.25, 0.3) is 11.1 Å². The van der Waals surface area contributed by atoms with Gasteiger partial charge in [-0.15, -0.1) is 0 Å². The molecule has 2 aromatic rings. The molecular formula is C21H25N9O2S. The number of piperazine rings is 2. The number of anilines is 3. The molecule has 3 aliphatic rings. The molecule has 3 saturated heterocycles. The van der Waals surface area contributed by atoms with Gasteiger partial charge in [0.15, 0.2) is 0 Å². The summed E-state index contributed by atoms with van der Waals surface area (Å²) in [6.45, 7) is 6.63. The first-order chi connectivity index (χ1) is 16.0. The van der Waals surface area contributed by atoms with Gasteiger partial charge in [-0.2, -0.15) is 4.98 Å². The first-order valence-corrected chi connectivity index (χ1v) is 11.7. The molecule has 0 radical (unpaired) electrons. The van der Waals surface area contributed by atoms with Crippen molar-refractivity contribution in [2.75, 3.05) is 74.1 Å². The average Bonchev–Trinajstić information content (AvgIpc) is 3.16. The monoisotopic (exact) mass is 467 g/mol. The van der Waals surface area contributed by atoms with E-state index in [0.29, 0.717) is 16.5 Å². The minimum atomic E-state index is -0.386. The third-order valence-electron chi connectivity index (χ3n) is 5.87. The summed E-state index contributed by atoms with van der Waals surface area (Å²) < 4.78 is 0. The van der Waals surface area contributed by atoms with Crippen molar-refractivity contribution in [3.8, 4) is 0 Å². The number of likely N-dealkylation sites (N-methyl/N-ethyl adjacent to an activating group) is 1. The van der Waals surface area contributed by atoms with Crippen molar-refractivity contribution < 1.29 is 9.59 Å². The standard InChI is InChI=1S/C21H25N9O2S/c1-27-5-7-28(8-6-27)17-14-15(13-16-18(31)26-21(32)33-16)24-20(25-17)30-11-9-29(10-12-30)19-22-3-2-4-23-19/h2-4,13-14H,5-12H2,1H3,(H,26,31,32)/b16-13-. The van der Waals surface area contributed by atoms with E-state index in [-0.39, 0.29) is 11.1 Å². The molecule has 5 heterocycles. The van der Waals surface area contributed by atoms with Gasteiger partial charge in [0.05, 0.1) is 10.6 Å². The Morgan fingerprint density at radius 1 is 0.879 bits per heavy atom. The third kappa shape index (κ3) is 4.91. The molecule has 0 spiro atoms. The molecule has 0 unspecified atom stereocenters. The lowest BCUT2D eigenvalue weighted by Gasteiger charge is -2.36. The van der Waals surface area contributed by atoms with E-state index in [2.05, 4.69) is 41.9 Å². The number of carbonyl (C=O) groups excluding carboxylic acids is 2. The molecule has 2 aromatic heterocycles. The van der Waals surface area contributed by atoms with E-state index in [1.54, 1.807) is 18.5 Å². The maximum Gasteiger partial charge on any atom is 0.290 e. The number of carbonyl (C=O) groups is 2. The lowest BCUT2D eigenvalue weighted by Crippen LogP contribution is -2.48. The molecule has 0 aliphatic carbocycles. The Hall–Kier alpha value is -3.25. The summed E-state index contributed by atoms with van der Waals surface area (Å²) in [6.07, 6.45) is 5.17. The third-order valence-corrected chi connectivity index (χ3v) is 6.68. The van der Waals surface area contributed by atoms with Gasteiger partial charge in [-0.3, -0.25) is 14.9 Å². The van der Waals surface area contributed by atoms with Crippen molar-refractivity contribution in [3.63, 3.8) is 0 Å². The molecule has 0 aromatic carbocycles.